The van der Waals surface area contributed by atoms with Crippen molar-refractivity contribution in [1.29, 1.82) is 0 Å². The molecule has 1 aliphatic carbocycles. The van der Waals surface area contributed by atoms with E-state index in [0.717, 1.165) is 17.9 Å². The van der Waals surface area contributed by atoms with E-state index >= 15 is 0 Å². The molecule has 2 fully saturated rings. The van der Waals surface area contributed by atoms with Crippen molar-refractivity contribution in [3.63, 3.8) is 0 Å². The van der Waals surface area contributed by atoms with Crippen molar-refractivity contribution in [2.45, 2.75) is 32.1 Å². The number of nitrogens with one attached hydrogen (secondary N) is 1. The second-order valence-electron chi connectivity index (χ2n) is 4.44. The highest BCUT2D eigenvalue weighted by molar-refractivity contribution is 5.02. The molecule has 1 saturated carbocycles. The average Bonchev–Trinajstić information content (AvgIpc) is 2.79. The van der Waals surface area contributed by atoms with Crippen molar-refractivity contribution in [3.05, 3.63) is 0 Å². The molecule has 1 saturated heterocycles. The minimum atomic E-state index is 0.739. The van der Waals surface area contributed by atoms with Crippen molar-refractivity contribution < 1.29 is 0 Å². The third-order valence-corrected chi connectivity index (χ3v) is 3.70. The molecule has 0 aromatic heterocycles. The number of hydrogen-bond acceptors (Lipinski definition) is 2. The van der Waals surface area contributed by atoms with E-state index < -0.39 is 0 Å². The van der Waals surface area contributed by atoms with Crippen LogP contribution >= 0.6 is 0 Å². The van der Waals surface area contributed by atoms with Crippen LogP contribution in [-0.2, 0) is 0 Å². The Kier molecular flexibility index (Phi) is 2.37. The summed E-state index contributed by atoms with van der Waals surface area (Å²) in [5.41, 5.74) is 6.32. The van der Waals surface area contributed by atoms with Crippen LogP contribution in [0, 0.1) is 11.3 Å². The second-order valence-corrected chi connectivity index (χ2v) is 4.44. The normalized spacial score (nSPS) is 41.2. The SMILES string of the molecule is NCCC1CC12CCCNCC2. The Morgan fingerprint density at radius 2 is 2.25 bits per heavy atom. The molecule has 0 aromatic rings. The van der Waals surface area contributed by atoms with E-state index in [1.807, 2.05) is 0 Å². The summed E-state index contributed by atoms with van der Waals surface area (Å²) in [6.07, 6.45) is 6.95. The van der Waals surface area contributed by atoms with E-state index in [2.05, 4.69) is 5.32 Å². The molecule has 0 bridgehead atoms. The lowest BCUT2D eigenvalue weighted by atomic mass is 9.93. The monoisotopic (exact) mass is 168 g/mol. The van der Waals surface area contributed by atoms with Gasteiger partial charge in [0.1, 0.15) is 0 Å². The van der Waals surface area contributed by atoms with Crippen LogP contribution in [0.25, 0.3) is 0 Å². The molecule has 2 heteroatoms. The molecule has 0 radical (unpaired) electrons. The van der Waals surface area contributed by atoms with Gasteiger partial charge in [-0.05, 0) is 63.1 Å². The Bertz CT molecular complexity index is 148. The fourth-order valence-corrected chi connectivity index (χ4v) is 2.81. The lowest BCUT2D eigenvalue weighted by molar-refractivity contribution is 0.396. The first-order valence-electron chi connectivity index (χ1n) is 5.28. The van der Waals surface area contributed by atoms with Gasteiger partial charge in [0.05, 0.1) is 0 Å². The van der Waals surface area contributed by atoms with Gasteiger partial charge in [-0.25, -0.2) is 0 Å². The maximum absolute atomic E-state index is 5.58. The molecule has 1 heterocycles. The highest BCUT2D eigenvalue weighted by Gasteiger charge is 2.51. The van der Waals surface area contributed by atoms with Gasteiger partial charge in [-0.2, -0.15) is 0 Å². The fraction of sp³-hybridized carbons (Fsp3) is 1.00. The van der Waals surface area contributed by atoms with Crippen molar-refractivity contribution in [3.8, 4) is 0 Å². The zero-order chi connectivity index (χ0) is 8.44. The Morgan fingerprint density at radius 3 is 3.08 bits per heavy atom. The van der Waals surface area contributed by atoms with E-state index in [4.69, 9.17) is 5.73 Å². The highest BCUT2D eigenvalue weighted by Crippen LogP contribution is 2.60. The molecule has 0 amide bonds. The summed E-state index contributed by atoms with van der Waals surface area (Å²) < 4.78 is 0. The van der Waals surface area contributed by atoms with Crippen LogP contribution in [0.2, 0.25) is 0 Å². The molecule has 2 unspecified atom stereocenters. The molecule has 1 spiro atoms. The quantitative estimate of drug-likeness (QED) is 0.648. The van der Waals surface area contributed by atoms with Crippen LogP contribution in [0.1, 0.15) is 32.1 Å². The zero-order valence-corrected chi connectivity index (χ0v) is 7.81. The van der Waals surface area contributed by atoms with E-state index in [1.54, 1.807) is 0 Å². The minimum absolute atomic E-state index is 0.739. The van der Waals surface area contributed by atoms with Crippen LogP contribution in [0.15, 0.2) is 0 Å². The Balaban J connectivity index is 1.86. The Labute approximate surface area is 74.9 Å². The van der Waals surface area contributed by atoms with Gasteiger partial charge in [-0.15, -0.1) is 0 Å². The van der Waals surface area contributed by atoms with E-state index in [1.165, 1.54) is 45.2 Å². The third kappa shape index (κ3) is 1.50. The van der Waals surface area contributed by atoms with Gasteiger partial charge in [-0.3, -0.25) is 0 Å². The molecule has 2 nitrogen and oxygen atoms in total. The molecule has 1 aliphatic heterocycles. The topological polar surface area (TPSA) is 38.0 Å². The molecule has 12 heavy (non-hydrogen) atoms. The van der Waals surface area contributed by atoms with Gasteiger partial charge >= 0.3 is 0 Å². The summed E-state index contributed by atoms with van der Waals surface area (Å²) >= 11 is 0. The predicted molar refractivity (Wildman–Crippen MR) is 50.9 cm³/mol. The van der Waals surface area contributed by atoms with Crippen LogP contribution in [-0.4, -0.2) is 19.6 Å². The molecular weight excluding hydrogens is 148 g/mol. The van der Waals surface area contributed by atoms with Crippen molar-refractivity contribution in [2.75, 3.05) is 19.6 Å². The highest BCUT2D eigenvalue weighted by atomic mass is 14.9. The van der Waals surface area contributed by atoms with E-state index in [-0.39, 0.29) is 0 Å². The summed E-state index contributed by atoms with van der Waals surface area (Å²) in [6, 6.07) is 0. The maximum atomic E-state index is 5.58. The van der Waals surface area contributed by atoms with Crippen LogP contribution in [0.4, 0.5) is 0 Å². The molecule has 3 N–H and O–H groups in total. The first kappa shape index (κ1) is 8.52. The summed E-state index contributed by atoms with van der Waals surface area (Å²) in [7, 11) is 0. The van der Waals surface area contributed by atoms with Gasteiger partial charge in [-0.1, -0.05) is 0 Å². The molecular formula is C10H20N2. The third-order valence-electron chi connectivity index (χ3n) is 3.70. The second kappa shape index (κ2) is 3.35. The predicted octanol–water partition coefficient (Wildman–Crippen LogP) is 1.11. The Morgan fingerprint density at radius 1 is 1.33 bits per heavy atom. The molecule has 0 aromatic carbocycles. The smallest absolute Gasteiger partial charge is 0.00435 e. The lowest BCUT2D eigenvalue weighted by Gasteiger charge is -2.12. The summed E-state index contributed by atoms with van der Waals surface area (Å²) in [4.78, 5) is 0. The average molecular weight is 168 g/mol. The van der Waals surface area contributed by atoms with Crippen molar-refractivity contribution >= 4 is 0 Å². The molecule has 2 atom stereocenters. The maximum Gasteiger partial charge on any atom is -0.00435 e. The van der Waals surface area contributed by atoms with Crippen molar-refractivity contribution in [2.24, 2.45) is 17.1 Å². The fourth-order valence-electron chi connectivity index (χ4n) is 2.81. The first-order chi connectivity index (χ1) is 5.87. The van der Waals surface area contributed by atoms with E-state index in [0.29, 0.717) is 0 Å². The standard InChI is InChI=1S/C10H20N2/c11-5-2-9-8-10(9)3-1-6-12-7-4-10/h9,12H,1-8,11H2. The van der Waals surface area contributed by atoms with Gasteiger partial charge in [0.25, 0.3) is 0 Å². The zero-order valence-electron chi connectivity index (χ0n) is 7.81. The van der Waals surface area contributed by atoms with Gasteiger partial charge in [0.2, 0.25) is 0 Å². The largest absolute Gasteiger partial charge is 0.330 e. The molecule has 2 aliphatic rings. The summed E-state index contributed by atoms with van der Waals surface area (Å²) in [6.45, 7) is 3.36. The molecule has 70 valence electrons. The van der Waals surface area contributed by atoms with Crippen LogP contribution in [0.5, 0.6) is 0 Å². The minimum Gasteiger partial charge on any atom is -0.330 e. The van der Waals surface area contributed by atoms with Gasteiger partial charge in [0.15, 0.2) is 0 Å². The number of rotatable bonds is 2. The molecule has 2 rings (SSSR count). The van der Waals surface area contributed by atoms with E-state index in [9.17, 15) is 0 Å². The number of hydrogen-bond donors (Lipinski definition) is 2. The summed E-state index contributed by atoms with van der Waals surface area (Å²) in [5.74, 6) is 0.974. The number of nitrogens with two attached hydrogens (primary N) is 1. The van der Waals surface area contributed by atoms with Crippen LogP contribution < -0.4 is 11.1 Å². The Hall–Kier alpha value is -0.0800. The first-order valence-corrected chi connectivity index (χ1v) is 5.28. The summed E-state index contributed by atoms with van der Waals surface area (Å²) in [5, 5.41) is 3.47. The lowest BCUT2D eigenvalue weighted by Crippen LogP contribution is -2.15. The van der Waals surface area contributed by atoms with Crippen molar-refractivity contribution in [1.82, 2.24) is 5.32 Å². The van der Waals surface area contributed by atoms with Gasteiger partial charge in [0, 0.05) is 0 Å². The van der Waals surface area contributed by atoms with Gasteiger partial charge < -0.3 is 11.1 Å². The van der Waals surface area contributed by atoms with Crippen LogP contribution in [0.3, 0.4) is 0 Å².